The lowest BCUT2D eigenvalue weighted by atomic mass is 10.0. The van der Waals surface area contributed by atoms with Crippen molar-refractivity contribution in [1.82, 2.24) is 14.9 Å². The third-order valence-corrected chi connectivity index (χ3v) is 6.47. The summed E-state index contributed by atoms with van der Waals surface area (Å²) in [7, 11) is 1.67. The van der Waals surface area contributed by atoms with Gasteiger partial charge in [-0.2, -0.15) is 0 Å². The van der Waals surface area contributed by atoms with Crippen LogP contribution >= 0.6 is 0 Å². The molecule has 0 atom stereocenters. The highest BCUT2D eigenvalue weighted by Gasteiger charge is 2.28. The maximum Gasteiger partial charge on any atom is 0.322 e. The van der Waals surface area contributed by atoms with Gasteiger partial charge in [-0.3, -0.25) is 0 Å². The number of benzene rings is 2. The Bertz CT molecular complexity index is 1190. The number of rotatable bonds is 5. The van der Waals surface area contributed by atoms with Gasteiger partial charge in [-0.1, -0.05) is 24.3 Å². The van der Waals surface area contributed by atoms with E-state index < -0.39 is 0 Å². The number of nitrogens with one attached hydrogen (secondary N) is 1. The predicted molar refractivity (Wildman–Crippen MR) is 135 cm³/mol. The molecular formula is C27H31N5O3. The molecule has 2 aliphatic heterocycles. The fraction of sp³-hybridized carbons (Fsp3) is 0.370. The van der Waals surface area contributed by atoms with Crippen molar-refractivity contribution in [1.29, 1.82) is 0 Å². The minimum Gasteiger partial charge on any atom is -0.497 e. The number of aromatic nitrogens is 2. The molecule has 1 N–H and O–H groups in total. The number of carbonyl (C=O) groups is 1. The minimum atomic E-state index is -0.100. The molecule has 0 saturated carbocycles. The summed E-state index contributed by atoms with van der Waals surface area (Å²) < 4.78 is 10.9. The summed E-state index contributed by atoms with van der Waals surface area (Å²) in [4.78, 5) is 27.1. The van der Waals surface area contributed by atoms with Crippen molar-refractivity contribution in [2.75, 3.05) is 50.2 Å². The van der Waals surface area contributed by atoms with E-state index in [0.717, 1.165) is 58.6 Å². The molecule has 35 heavy (non-hydrogen) atoms. The van der Waals surface area contributed by atoms with E-state index in [0.29, 0.717) is 39.1 Å². The average molecular weight is 474 g/mol. The van der Waals surface area contributed by atoms with E-state index in [2.05, 4.69) is 10.2 Å². The van der Waals surface area contributed by atoms with Crippen molar-refractivity contribution in [2.45, 2.75) is 26.3 Å². The molecule has 1 aromatic heterocycles. The Balaban J connectivity index is 1.40. The van der Waals surface area contributed by atoms with Crippen LogP contribution in [-0.2, 0) is 24.1 Å². The number of hydrogen-bond acceptors (Lipinski definition) is 6. The van der Waals surface area contributed by atoms with E-state index in [-0.39, 0.29) is 6.03 Å². The first-order valence-corrected chi connectivity index (χ1v) is 12.1. The van der Waals surface area contributed by atoms with E-state index in [1.54, 1.807) is 7.11 Å². The van der Waals surface area contributed by atoms with Gasteiger partial charge in [0.2, 0.25) is 0 Å². The van der Waals surface area contributed by atoms with Crippen LogP contribution in [0, 0.1) is 6.92 Å². The molecule has 1 saturated heterocycles. The molecule has 5 rings (SSSR count). The molecule has 0 spiro atoms. The number of methoxy groups -OCH3 is 1. The van der Waals surface area contributed by atoms with Crippen molar-refractivity contribution in [3.63, 3.8) is 0 Å². The predicted octanol–water partition coefficient (Wildman–Crippen LogP) is 3.81. The first-order valence-electron chi connectivity index (χ1n) is 12.1. The highest BCUT2D eigenvalue weighted by molar-refractivity contribution is 5.89. The molecule has 0 aliphatic carbocycles. The van der Waals surface area contributed by atoms with Gasteiger partial charge >= 0.3 is 6.03 Å². The van der Waals surface area contributed by atoms with Gasteiger partial charge in [0, 0.05) is 43.7 Å². The fourth-order valence-electron chi connectivity index (χ4n) is 4.59. The van der Waals surface area contributed by atoms with E-state index in [1.165, 1.54) is 0 Å². The largest absolute Gasteiger partial charge is 0.497 e. The molecule has 182 valence electrons. The van der Waals surface area contributed by atoms with Crippen LogP contribution in [-0.4, -0.2) is 60.9 Å². The molecule has 2 aromatic carbocycles. The molecule has 0 unspecified atom stereocenters. The molecule has 8 nitrogen and oxygen atoms in total. The second-order valence-electron chi connectivity index (χ2n) is 8.98. The van der Waals surface area contributed by atoms with Gasteiger partial charge in [0.05, 0.1) is 32.6 Å². The Hall–Kier alpha value is -3.65. The lowest BCUT2D eigenvalue weighted by molar-refractivity contribution is 0.122. The monoisotopic (exact) mass is 473 g/mol. The molecule has 2 amide bonds. The lowest BCUT2D eigenvalue weighted by Crippen LogP contribution is -2.42. The van der Waals surface area contributed by atoms with Crippen LogP contribution in [0.5, 0.6) is 5.75 Å². The van der Waals surface area contributed by atoms with Crippen molar-refractivity contribution in [3.8, 4) is 5.75 Å². The van der Waals surface area contributed by atoms with Crippen molar-refractivity contribution in [3.05, 3.63) is 76.7 Å². The second kappa shape index (κ2) is 10.3. The number of morpholine rings is 1. The molecule has 3 aromatic rings. The van der Waals surface area contributed by atoms with Crippen LogP contribution in [0.15, 0.2) is 48.5 Å². The number of nitrogens with zero attached hydrogens (tertiary/aromatic N) is 4. The number of aryl methyl sites for hydroxylation is 1. The number of urea groups is 1. The zero-order chi connectivity index (χ0) is 24.2. The zero-order valence-electron chi connectivity index (χ0n) is 20.3. The van der Waals surface area contributed by atoms with Crippen molar-refractivity contribution in [2.24, 2.45) is 0 Å². The summed E-state index contributed by atoms with van der Waals surface area (Å²) in [6, 6.07) is 15.8. The molecule has 2 aliphatic rings. The van der Waals surface area contributed by atoms with Crippen LogP contribution in [0.25, 0.3) is 0 Å². The third kappa shape index (κ3) is 5.38. The number of hydrogen-bond donors (Lipinski definition) is 1. The molecule has 0 radical (unpaired) electrons. The lowest BCUT2D eigenvalue weighted by Gasteiger charge is -2.34. The Labute approximate surface area is 205 Å². The Morgan fingerprint density at radius 3 is 2.63 bits per heavy atom. The number of fused-ring (bicyclic) bond motifs is 1. The van der Waals surface area contributed by atoms with Crippen molar-refractivity contribution >= 4 is 17.5 Å². The fourth-order valence-corrected chi connectivity index (χ4v) is 4.59. The molecule has 0 bridgehead atoms. The van der Waals surface area contributed by atoms with Crippen LogP contribution in [0.3, 0.4) is 0 Å². The Kier molecular flexibility index (Phi) is 6.81. The summed E-state index contributed by atoms with van der Waals surface area (Å²) in [6.45, 7) is 6.02. The van der Waals surface area contributed by atoms with E-state index in [4.69, 9.17) is 19.4 Å². The molecule has 8 heteroatoms. The smallest absolute Gasteiger partial charge is 0.322 e. The topological polar surface area (TPSA) is 79.8 Å². The van der Waals surface area contributed by atoms with Crippen molar-refractivity contribution < 1.29 is 14.3 Å². The molecule has 1 fully saturated rings. The van der Waals surface area contributed by atoms with Crippen LogP contribution in [0.2, 0.25) is 0 Å². The van der Waals surface area contributed by atoms with E-state index in [1.807, 2.05) is 60.4 Å². The molecule has 3 heterocycles. The van der Waals surface area contributed by atoms with Gasteiger partial charge in [0.25, 0.3) is 0 Å². The summed E-state index contributed by atoms with van der Waals surface area (Å²) >= 11 is 0. The van der Waals surface area contributed by atoms with E-state index >= 15 is 0 Å². The van der Waals surface area contributed by atoms with Gasteiger partial charge in [-0.25, -0.2) is 14.8 Å². The van der Waals surface area contributed by atoms with E-state index in [9.17, 15) is 4.79 Å². The number of ether oxygens (including phenoxy) is 2. The van der Waals surface area contributed by atoms with Gasteiger partial charge in [-0.15, -0.1) is 0 Å². The second-order valence-corrected chi connectivity index (χ2v) is 8.98. The highest BCUT2D eigenvalue weighted by atomic mass is 16.5. The summed E-state index contributed by atoms with van der Waals surface area (Å²) in [5.41, 5.74) is 5.12. The quantitative estimate of drug-likeness (QED) is 0.607. The van der Waals surface area contributed by atoms with Crippen LogP contribution in [0.1, 0.15) is 28.2 Å². The van der Waals surface area contributed by atoms with Crippen LogP contribution < -0.4 is 15.0 Å². The summed E-state index contributed by atoms with van der Waals surface area (Å²) in [6.07, 6.45) is 1.35. The zero-order valence-corrected chi connectivity index (χ0v) is 20.3. The van der Waals surface area contributed by atoms with Gasteiger partial charge in [-0.05, 0) is 42.3 Å². The molecular weight excluding hydrogens is 442 g/mol. The maximum atomic E-state index is 13.1. The SMILES string of the molecule is COc1ccc(Cc2nc3c(c(N4CCOCC4)n2)CN(C(=O)Nc2cccc(C)c2)CC3)cc1. The first kappa shape index (κ1) is 23.1. The Morgan fingerprint density at radius 2 is 1.89 bits per heavy atom. The van der Waals surface area contributed by atoms with Gasteiger partial charge < -0.3 is 24.6 Å². The normalized spacial score (nSPS) is 15.5. The maximum absolute atomic E-state index is 13.1. The number of anilines is 2. The average Bonchev–Trinajstić information content (AvgIpc) is 2.89. The van der Waals surface area contributed by atoms with Gasteiger partial charge in [0.1, 0.15) is 17.4 Å². The number of amides is 2. The Morgan fingerprint density at radius 1 is 1.09 bits per heavy atom. The first-order chi connectivity index (χ1) is 17.1. The summed E-state index contributed by atoms with van der Waals surface area (Å²) in [5, 5.41) is 3.04. The third-order valence-electron chi connectivity index (χ3n) is 6.47. The standard InChI is InChI=1S/C27H31N5O3/c1-19-4-3-5-21(16-19)28-27(33)32-11-10-24-23(18-32)26(31-12-14-35-15-13-31)30-25(29-24)17-20-6-8-22(34-2)9-7-20/h3-9,16H,10-15,17-18H2,1-2H3,(H,28,33). The van der Waals surface area contributed by atoms with Crippen LogP contribution in [0.4, 0.5) is 16.3 Å². The highest BCUT2D eigenvalue weighted by Crippen LogP contribution is 2.29. The summed E-state index contributed by atoms with van der Waals surface area (Å²) in [5.74, 6) is 2.56. The van der Waals surface area contributed by atoms with Gasteiger partial charge in [0.15, 0.2) is 0 Å². The minimum absolute atomic E-state index is 0.100. The number of carbonyl (C=O) groups excluding carboxylic acids is 1.